The Balaban J connectivity index is 1.61. The monoisotopic (exact) mass is 451 g/mol. The normalized spacial score (nSPS) is 15.3. The molecule has 1 aliphatic heterocycles. The van der Waals surface area contributed by atoms with E-state index in [-0.39, 0.29) is 23.2 Å². The van der Waals surface area contributed by atoms with Crippen molar-refractivity contribution in [1.82, 2.24) is 15.1 Å². The van der Waals surface area contributed by atoms with Gasteiger partial charge < -0.3 is 19.7 Å². The molecule has 0 radical (unpaired) electrons. The number of amides is 1. The van der Waals surface area contributed by atoms with Crippen LogP contribution in [0.3, 0.4) is 0 Å². The molecule has 1 amide bonds. The van der Waals surface area contributed by atoms with Crippen LogP contribution in [0.5, 0.6) is 5.75 Å². The Kier molecular flexibility index (Phi) is 7.36. The molecule has 8 heteroatoms. The first-order valence-corrected chi connectivity index (χ1v) is 11.5. The van der Waals surface area contributed by atoms with Gasteiger partial charge in [-0.15, -0.1) is 0 Å². The first-order valence-electron chi connectivity index (χ1n) is 11.5. The van der Waals surface area contributed by atoms with Gasteiger partial charge in [-0.1, -0.05) is 25.1 Å². The van der Waals surface area contributed by atoms with Gasteiger partial charge in [-0.25, -0.2) is 4.68 Å². The molecule has 0 unspecified atom stereocenters. The van der Waals surface area contributed by atoms with Crippen molar-refractivity contribution >= 4 is 16.7 Å². The Hall–Kier alpha value is -3.23. The Morgan fingerprint density at radius 2 is 1.85 bits per heavy atom. The fourth-order valence-corrected chi connectivity index (χ4v) is 4.36. The van der Waals surface area contributed by atoms with Gasteiger partial charge in [0.25, 0.3) is 11.5 Å². The minimum Gasteiger partial charge on any atom is -0.497 e. The molecule has 0 aliphatic carbocycles. The third-order valence-corrected chi connectivity index (χ3v) is 6.13. The number of nitrogens with one attached hydrogen (secondary N) is 2. The van der Waals surface area contributed by atoms with Crippen molar-refractivity contribution in [3.05, 3.63) is 70.1 Å². The molecular formula is C25H31N4O4+. The van der Waals surface area contributed by atoms with Crippen molar-refractivity contribution in [2.75, 3.05) is 40.0 Å². The number of aromatic nitrogens is 2. The minimum absolute atomic E-state index is 0.0663. The molecule has 3 aromatic rings. The number of carbonyl (C=O) groups excluding carboxylic acids is 1. The summed E-state index contributed by atoms with van der Waals surface area (Å²) in [6.45, 7) is 6.03. The number of methoxy groups -OCH3 is 1. The summed E-state index contributed by atoms with van der Waals surface area (Å²) < 4.78 is 12.2. The molecule has 4 rings (SSSR count). The SMILES string of the molecule is CCCn1nc(C(=O)NC[C@@H](c2ccc(OC)cc2)[NH+]2CCOCC2)c2ccccc2c1=O. The molecule has 1 aromatic heterocycles. The molecule has 0 spiro atoms. The maximum absolute atomic E-state index is 13.3. The van der Waals surface area contributed by atoms with Crippen LogP contribution < -0.4 is 20.5 Å². The fourth-order valence-electron chi connectivity index (χ4n) is 4.36. The summed E-state index contributed by atoms with van der Waals surface area (Å²) in [6, 6.07) is 15.2. The summed E-state index contributed by atoms with van der Waals surface area (Å²) in [6.07, 6.45) is 0.756. The number of nitrogens with zero attached hydrogens (tertiary/aromatic N) is 2. The average Bonchev–Trinajstić information content (AvgIpc) is 2.87. The highest BCUT2D eigenvalue weighted by Crippen LogP contribution is 2.17. The van der Waals surface area contributed by atoms with Crippen LogP contribution in [-0.2, 0) is 11.3 Å². The van der Waals surface area contributed by atoms with E-state index in [1.54, 1.807) is 19.2 Å². The van der Waals surface area contributed by atoms with Crippen molar-refractivity contribution in [2.45, 2.75) is 25.9 Å². The first kappa shape index (κ1) is 22.9. The summed E-state index contributed by atoms with van der Waals surface area (Å²) in [5.41, 5.74) is 1.24. The zero-order valence-corrected chi connectivity index (χ0v) is 19.2. The Morgan fingerprint density at radius 1 is 1.15 bits per heavy atom. The van der Waals surface area contributed by atoms with Crippen molar-refractivity contribution in [3.8, 4) is 5.75 Å². The van der Waals surface area contributed by atoms with E-state index in [0.717, 1.165) is 30.8 Å². The number of ether oxygens (including phenoxy) is 2. The lowest BCUT2D eigenvalue weighted by Gasteiger charge is -2.32. The van der Waals surface area contributed by atoms with Crippen LogP contribution in [0.15, 0.2) is 53.3 Å². The van der Waals surface area contributed by atoms with Gasteiger partial charge in [0, 0.05) is 17.5 Å². The fraction of sp³-hybridized carbons (Fsp3) is 0.400. The van der Waals surface area contributed by atoms with Gasteiger partial charge >= 0.3 is 0 Å². The molecule has 33 heavy (non-hydrogen) atoms. The number of quaternary nitrogens is 1. The molecule has 1 atom stereocenters. The van der Waals surface area contributed by atoms with E-state index in [0.29, 0.717) is 37.1 Å². The van der Waals surface area contributed by atoms with Gasteiger partial charge in [0.15, 0.2) is 5.69 Å². The lowest BCUT2D eigenvalue weighted by Crippen LogP contribution is -3.15. The predicted octanol–water partition coefficient (Wildman–Crippen LogP) is 1.20. The Bertz CT molecular complexity index is 1150. The van der Waals surface area contributed by atoms with Crippen LogP contribution in [-0.4, -0.2) is 55.6 Å². The van der Waals surface area contributed by atoms with E-state index in [1.165, 1.54) is 9.58 Å². The molecule has 1 aliphatic rings. The van der Waals surface area contributed by atoms with Crippen LogP contribution in [0.4, 0.5) is 0 Å². The molecule has 174 valence electrons. The van der Waals surface area contributed by atoms with Crippen LogP contribution in [0, 0.1) is 0 Å². The number of morpholine rings is 1. The minimum atomic E-state index is -0.276. The third kappa shape index (κ3) is 5.07. The topological polar surface area (TPSA) is 86.9 Å². The van der Waals surface area contributed by atoms with Crippen molar-refractivity contribution in [2.24, 2.45) is 0 Å². The van der Waals surface area contributed by atoms with Gasteiger partial charge in [-0.05, 0) is 36.8 Å². The number of aryl methyl sites for hydroxylation is 1. The van der Waals surface area contributed by atoms with E-state index in [4.69, 9.17) is 9.47 Å². The number of fused-ring (bicyclic) bond motifs is 1. The molecule has 0 bridgehead atoms. The van der Waals surface area contributed by atoms with Crippen LogP contribution >= 0.6 is 0 Å². The molecule has 1 fully saturated rings. The first-order chi connectivity index (χ1) is 16.1. The molecule has 8 nitrogen and oxygen atoms in total. The summed E-state index contributed by atoms with van der Waals surface area (Å²) >= 11 is 0. The summed E-state index contributed by atoms with van der Waals surface area (Å²) in [5.74, 6) is 0.523. The van der Waals surface area contributed by atoms with Crippen molar-refractivity contribution < 1.29 is 19.2 Å². The zero-order valence-electron chi connectivity index (χ0n) is 19.2. The van der Waals surface area contributed by atoms with E-state index < -0.39 is 0 Å². The predicted molar refractivity (Wildman–Crippen MR) is 126 cm³/mol. The molecule has 1 saturated heterocycles. The lowest BCUT2D eigenvalue weighted by molar-refractivity contribution is -0.937. The largest absolute Gasteiger partial charge is 0.497 e. The smallest absolute Gasteiger partial charge is 0.274 e. The van der Waals surface area contributed by atoms with Crippen LogP contribution in [0.25, 0.3) is 10.8 Å². The number of rotatable bonds is 8. The number of benzene rings is 2. The van der Waals surface area contributed by atoms with Gasteiger partial charge in [0.1, 0.15) is 24.9 Å². The highest BCUT2D eigenvalue weighted by Gasteiger charge is 2.28. The highest BCUT2D eigenvalue weighted by molar-refractivity contribution is 6.04. The quantitative estimate of drug-likeness (QED) is 0.538. The van der Waals surface area contributed by atoms with E-state index in [2.05, 4.69) is 10.4 Å². The van der Waals surface area contributed by atoms with Gasteiger partial charge in [0.2, 0.25) is 0 Å². The van der Waals surface area contributed by atoms with E-state index in [9.17, 15) is 9.59 Å². The third-order valence-electron chi connectivity index (χ3n) is 6.13. The van der Waals surface area contributed by atoms with E-state index in [1.807, 2.05) is 43.3 Å². The van der Waals surface area contributed by atoms with Gasteiger partial charge in [0.05, 0.1) is 32.3 Å². The van der Waals surface area contributed by atoms with E-state index >= 15 is 0 Å². The number of hydrogen-bond acceptors (Lipinski definition) is 5. The summed E-state index contributed by atoms with van der Waals surface area (Å²) in [5, 5.41) is 8.61. The molecule has 2 N–H and O–H groups in total. The zero-order chi connectivity index (χ0) is 23.2. The highest BCUT2D eigenvalue weighted by atomic mass is 16.5. The van der Waals surface area contributed by atoms with Gasteiger partial charge in [-0.2, -0.15) is 5.10 Å². The Labute approximate surface area is 193 Å². The maximum Gasteiger partial charge on any atom is 0.274 e. The van der Waals surface area contributed by atoms with Crippen molar-refractivity contribution in [1.29, 1.82) is 0 Å². The van der Waals surface area contributed by atoms with Crippen LogP contribution in [0.1, 0.15) is 35.4 Å². The number of hydrogen-bond donors (Lipinski definition) is 2. The molecule has 0 saturated carbocycles. The second-order valence-electron chi connectivity index (χ2n) is 8.23. The molecular weight excluding hydrogens is 420 g/mol. The summed E-state index contributed by atoms with van der Waals surface area (Å²) in [4.78, 5) is 27.4. The second kappa shape index (κ2) is 10.6. The van der Waals surface area contributed by atoms with Crippen molar-refractivity contribution in [3.63, 3.8) is 0 Å². The second-order valence-corrected chi connectivity index (χ2v) is 8.23. The number of carbonyl (C=O) groups is 1. The maximum atomic E-state index is 13.3. The summed E-state index contributed by atoms with van der Waals surface area (Å²) in [7, 11) is 1.65. The Morgan fingerprint density at radius 3 is 2.52 bits per heavy atom. The van der Waals surface area contributed by atoms with Crippen LogP contribution in [0.2, 0.25) is 0 Å². The van der Waals surface area contributed by atoms with Gasteiger partial charge in [-0.3, -0.25) is 9.59 Å². The standard InChI is InChI=1S/C25H30N4O4/c1-3-12-29-25(31)21-7-5-4-6-20(21)23(27-29)24(30)26-17-22(28-13-15-33-16-14-28)18-8-10-19(32-2)11-9-18/h4-11,22H,3,12-17H2,1-2H3,(H,26,30)/p+1/t22-/m0/s1. The lowest BCUT2D eigenvalue weighted by atomic mass is 10.0. The molecule has 2 aromatic carbocycles. The molecule has 2 heterocycles. The average molecular weight is 452 g/mol.